The van der Waals surface area contributed by atoms with Gasteiger partial charge < -0.3 is 0 Å². The average molecular weight is 391 g/mol. The number of carbonyl (C=O) groups is 2. The highest BCUT2D eigenvalue weighted by atomic mass is 127. The normalized spacial score (nSPS) is 37.7. The Bertz CT molecular complexity index is 687. The van der Waals surface area contributed by atoms with Crippen LogP contribution in [0.2, 0.25) is 0 Å². The number of halogens is 1. The summed E-state index contributed by atoms with van der Waals surface area (Å²) < 4.78 is 0.957. The highest BCUT2D eigenvalue weighted by molar-refractivity contribution is 14.1. The van der Waals surface area contributed by atoms with E-state index in [1.54, 1.807) is 0 Å². The van der Waals surface area contributed by atoms with Gasteiger partial charge in [-0.3, -0.25) is 9.59 Å². The van der Waals surface area contributed by atoms with Crippen molar-refractivity contribution in [3.8, 4) is 0 Å². The van der Waals surface area contributed by atoms with Gasteiger partial charge in [0.1, 0.15) is 0 Å². The summed E-state index contributed by atoms with van der Waals surface area (Å²) >= 11 is 2.20. The van der Waals surface area contributed by atoms with Crippen LogP contribution in [-0.2, 0) is 9.59 Å². The number of para-hydroxylation sites is 1. The monoisotopic (exact) mass is 391 g/mol. The summed E-state index contributed by atoms with van der Waals surface area (Å²) in [4.78, 5) is 27.3. The summed E-state index contributed by atoms with van der Waals surface area (Å²) in [5, 5.41) is 0. The maximum atomic E-state index is 12.9. The Kier molecular flexibility index (Phi) is 2.22. The number of anilines is 1. The minimum Gasteiger partial charge on any atom is -0.274 e. The third-order valence-electron chi connectivity index (χ3n) is 5.95. The molecule has 1 saturated heterocycles. The predicted octanol–water partition coefficient (Wildman–Crippen LogP) is 2.99. The number of carbonyl (C=O) groups excluding carboxylic acids is 2. The predicted molar refractivity (Wildman–Crippen MR) is 86.4 cm³/mol. The molecule has 1 spiro atoms. The number of allylic oxidation sites excluding steroid dienone is 2. The Morgan fingerprint density at radius 3 is 2.10 bits per heavy atom. The number of imide groups is 1. The van der Waals surface area contributed by atoms with E-state index in [-0.39, 0.29) is 29.1 Å². The molecule has 1 aromatic rings. The lowest BCUT2D eigenvalue weighted by atomic mass is 9.85. The van der Waals surface area contributed by atoms with Crippen molar-refractivity contribution in [3.05, 3.63) is 40.0 Å². The zero-order chi connectivity index (χ0) is 14.4. The van der Waals surface area contributed by atoms with Crippen LogP contribution >= 0.6 is 22.6 Å². The van der Waals surface area contributed by atoms with Crippen molar-refractivity contribution in [2.75, 3.05) is 4.90 Å². The fourth-order valence-corrected chi connectivity index (χ4v) is 5.58. The van der Waals surface area contributed by atoms with E-state index in [1.807, 2.05) is 24.3 Å². The van der Waals surface area contributed by atoms with Crippen molar-refractivity contribution >= 4 is 40.1 Å². The standard InChI is InChI=1S/C17H14INO2/c18-11-3-1-2-4-12(11)19-15(20)13-9-5-6-10(14(13)16(19)21)17(9)7-8-17/h1-6,9-10,13-14H,7-8H2/t9-,10-,13-,14-/m0/s1. The van der Waals surface area contributed by atoms with E-state index in [0.29, 0.717) is 11.8 Å². The summed E-state index contributed by atoms with van der Waals surface area (Å²) in [6, 6.07) is 7.64. The second-order valence-electron chi connectivity index (χ2n) is 6.68. The van der Waals surface area contributed by atoms with E-state index in [9.17, 15) is 9.59 Å². The Hall–Kier alpha value is -1.17. The molecular weight excluding hydrogens is 377 g/mol. The number of nitrogens with zero attached hydrogens (tertiary/aromatic N) is 1. The molecule has 0 N–H and O–H groups in total. The molecule has 0 aromatic heterocycles. The number of hydrogen-bond donors (Lipinski definition) is 0. The Morgan fingerprint density at radius 1 is 1.00 bits per heavy atom. The maximum Gasteiger partial charge on any atom is 0.238 e. The summed E-state index contributed by atoms with van der Waals surface area (Å²) in [6.07, 6.45) is 6.80. The quantitative estimate of drug-likeness (QED) is 0.420. The van der Waals surface area contributed by atoms with Gasteiger partial charge in [-0.05, 0) is 64.8 Å². The Morgan fingerprint density at radius 2 is 1.57 bits per heavy atom. The highest BCUT2D eigenvalue weighted by Crippen LogP contribution is 2.73. The zero-order valence-corrected chi connectivity index (χ0v) is 13.5. The Balaban J connectivity index is 1.61. The number of amides is 2. The van der Waals surface area contributed by atoms with Gasteiger partial charge in [0.05, 0.1) is 17.5 Å². The third-order valence-corrected chi connectivity index (χ3v) is 6.86. The van der Waals surface area contributed by atoms with E-state index >= 15 is 0 Å². The van der Waals surface area contributed by atoms with E-state index in [1.165, 1.54) is 17.7 Å². The first-order valence-electron chi connectivity index (χ1n) is 7.46. The lowest BCUT2D eigenvalue weighted by Crippen LogP contribution is -2.35. The van der Waals surface area contributed by atoms with Crippen molar-refractivity contribution in [1.82, 2.24) is 0 Å². The van der Waals surface area contributed by atoms with Crippen LogP contribution in [0, 0.1) is 32.7 Å². The minimum atomic E-state index is -0.106. The SMILES string of the molecule is O=C1[C@@H]2[C@@H](C(=O)N1c1ccccc1I)[C@@H]1C=C[C@@H]2C12CC2. The maximum absolute atomic E-state index is 12.9. The van der Waals surface area contributed by atoms with Crippen LogP contribution in [0.1, 0.15) is 12.8 Å². The van der Waals surface area contributed by atoms with Gasteiger partial charge in [-0.2, -0.15) is 0 Å². The topological polar surface area (TPSA) is 37.4 Å². The molecule has 3 nitrogen and oxygen atoms in total. The molecule has 4 aliphatic rings. The van der Waals surface area contributed by atoms with Crippen LogP contribution in [0.15, 0.2) is 36.4 Å². The van der Waals surface area contributed by atoms with Crippen molar-refractivity contribution < 1.29 is 9.59 Å². The van der Waals surface area contributed by atoms with Crippen molar-refractivity contribution in [2.24, 2.45) is 29.1 Å². The molecule has 2 saturated carbocycles. The van der Waals surface area contributed by atoms with E-state index in [0.717, 1.165) is 9.26 Å². The van der Waals surface area contributed by atoms with Gasteiger partial charge in [0, 0.05) is 3.57 Å². The van der Waals surface area contributed by atoms with E-state index in [4.69, 9.17) is 0 Å². The van der Waals surface area contributed by atoms with E-state index < -0.39 is 0 Å². The van der Waals surface area contributed by atoms with E-state index in [2.05, 4.69) is 34.7 Å². The molecular formula is C17H14INO2. The molecule has 2 bridgehead atoms. The zero-order valence-electron chi connectivity index (χ0n) is 11.3. The molecule has 1 heterocycles. The summed E-state index contributed by atoms with van der Waals surface area (Å²) in [5.74, 6) is 0.442. The minimum absolute atomic E-state index is 0.0252. The van der Waals surface area contributed by atoms with Crippen LogP contribution in [-0.4, -0.2) is 11.8 Å². The molecule has 2 amide bonds. The summed E-state index contributed by atoms with van der Waals surface area (Å²) in [6.45, 7) is 0. The number of rotatable bonds is 1. The number of benzene rings is 1. The van der Waals surface area contributed by atoms with Crippen LogP contribution in [0.5, 0.6) is 0 Å². The number of fused-ring (bicyclic) bond motifs is 3. The first-order chi connectivity index (χ1) is 10.1. The first-order valence-corrected chi connectivity index (χ1v) is 8.54. The molecule has 4 heteroatoms. The van der Waals surface area contributed by atoms with Crippen molar-refractivity contribution in [3.63, 3.8) is 0 Å². The largest absolute Gasteiger partial charge is 0.274 e. The van der Waals surface area contributed by atoms with Crippen LogP contribution in [0.25, 0.3) is 0 Å². The number of hydrogen-bond acceptors (Lipinski definition) is 2. The van der Waals surface area contributed by atoms with Crippen LogP contribution < -0.4 is 4.90 Å². The Labute approximate surface area is 136 Å². The summed E-state index contributed by atoms with van der Waals surface area (Å²) in [7, 11) is 0. The molecule has 4 atom stereocenters. The van der Waals surface area contributed by atoms with Gasteiger partial charge in [0.15, 0.2) is 0 Å². The fraction of sp³-hybridized carbons (Fsp3) is 0.412. The van der Waals surface area contributed by atoms with Crippen molar-refractivity contribution in [2.45, 2.75) is 12.8 Å². The molecule has 0 unspecified atom stereocenters. The van der Waals surface area contributed by atoms with Gasteiger partial charge in [-0.1, -0.05) is 24.3 Å². The lowest BCUT2D eigenvalue weighted by molar-refractivity contribution is -0.123. The first kappa shape index (κ1) is 12.4. The van der Waals surface area contributed by atoms with Gasteiger partial charge in [-0.25, -0.2) is 4.90 Å². The second-order valence-corrected chi connectivity index (χ2v) is 7.85. The molecule has 1 aliphatic heterocycles. The molecule has 106 valence electrons. The third kappa shape index (κ3) is 1.31. The molecule has 1 aromatic carbocycles. The molecule has 0 radical (unpaired) electrons. The fourth-order valence-electron chi connectivity index (χ4n) is 4.95. The van der Waals surface area contributed by atoms with Gasteiger partial charge in [0.25, 0.3) is 0 Å². The van der Waals surface area contributed by atoms with Crippen molar-refractivity contribution in [1.29, 1.82) is 0 Å². The molecule has 3 aliphatic carbocycles. The van der Waals surface area contributed by atoms with Crippen LogP contribution in [0.4, 0.5) is 5.69 Å². The molecule has 21 heavy (non-hydrogen) atoms. The lowest BCUT2D eigenvalue weighted by Gasteiger charge is -2.22. The van der Waals surface area contributed by atoms with Crippen LogP contribution in [0.3, 0.4) is 0 Å². The van der Waals surface area contributed by atoms with Gasteiger partial charge in [-0.15, -0.1) is 0 Å². The highest BCUT2D eigenvalue weighted by Gasteiger charge is 2.73. The molecule has 3 fully saturated rings. The van der Waals surface area contributed by atoms with Gasteiger partial charge in [0.2, 0.25) is 11.8 Å². The van der Waals surface area contributed by atoms with Gasteiger partial charge >= 0.3 is 0 Å². The average Bonchev–Trinajstić information content (AvgIpc) is 3.07. The second kappa shape index (κ2) is 3.77. The smallest absolute Gasteiger partial charge is 0.238 e. The molecule has 5 rings (SSSR count). The summed E-state index contributed by atoms with van der Waals surface area (Å²) in [5.41, 5.74) is 1.03.